The first kappa shape index (κ1) is 16.8. The lowest BCUT2D eigenvalue weighted by Crippen LogP contribution is -2.32. The van der Waals surface area contributed by atoms with Gasteiger partial charge in [0.2, 0.25) is 0 Å². The molecule has 9 heteroatoms. The molecule has 128 valence electrons. The summed E-state index contributed by atoms with van der Waals surface area (Å²) < 4.78 is 36.7. The standard InChI is InChI=1S/C16H12FN3O4S/c17-11-5-7-12(8-6-11)25(23,24)19-18-9-10-20-15(21)13-3-1-2-4-14(13)16(20)22/h1-9,19H,10H2/b18-9-. The molecule has 7 nitrogen and oxygen atoms in total. The van der Waals surface area contributed by atoms with Crippen molar-refractivity contribution in [1.29, 1.82) is 0 Å². The van der Waals surface area contributed by atoms with Crippen molar-refractivity contribution in [2.24, 2.45) is 5.10 Å². The average Bonchev–Trinajstić information content (AvgIpc) is 2.84. The number of hydrazone groups is 1. The minimum atomic E-state index is -3.96. The molecule has 2 amide bonds. The predicted octanol–water partition coefficient (Wildman–Crippen LogP) is 1.39. The summed E-state index contributed by atoms with van der Waals surface area (Å²) in [4.78, 5) is 27.0. The Balaban J connectivity index is 1.66. The number of nitrogens with one attached hydrogen (secondary N) is 1. The number of hydrogen-bond acceptors (Lipinski definition) is 5. The van der Waals surface area contributed by atoms with E-state index in [1.807, 2.05) is 4.83 Å². The first-order valence-corrected chi connectivity index (χ1v) is 8.62. The van der Waals surface area contributed by atoms with E-state index in [1.165, 1.54) is 0 Å². The number of carbonyl (C=O) groups is 2. The van der Waals surface area contributed by atoms with Crippen LogP contribution in [0, 0.1) is 5.82 Å². The molecule has 1 heterocycles. The van der Waals surface area contributed by atoms with E-state index >= 15 is 0 Å². The van der Waals surface area contributed by atoms with Crippen LogP contribution in [0.3, 0.4) is 0 Å². The van der Waals surface area contributed by atoms with Crippen LogP contribution in [0.25, 0.3) is 0 Å². The summed E-state index contributed by atoms with van der Waals surface area (Å²) in [6.07, 6.45) is 1.10. The molecule has 1 N–H and O–H groups in total. The number of sulfonamides is 1. The quantitative estimate of drug-likeness (QED) is 0.494. The maximum atomic E-state index is 12.8. The molecule has 1 aliphatic rings. The number of benzene rings is 2. The van der Waals surface area contributed by atoms with E-state index in [4.69, 9.17) is 0 Å². The fourth-order valence-corrected chi connectivity index (χ4v) is 3.11. The van der Waals surface area contributed by atoms with Crippen LogP contribution in [-0.4, -0.2) is 37.9 Å². The second-order valence-electron chi connectivity index (χ2n) is 5.13. The molecule has 0 fully saturated rings. The van der Waals surface area contributed by atoms with Crippen LogP contribution in [0.5, 0.6) is 0 Å². The molecular weight excluding hydrogens is 349 g/mol. The van der Waals surface area contributed by atoms with Crippen LogP contribution < -0.4 is 4.83 Å². The molecule has 25 heavy (non-hydrogen) atoms. The van der Waals surface area contributed by atoms with Gasteiger partial charge in [-0.25, -0.2) is 9.22 Å². The van der Waals surface area contributed by atoms with Gasteiger partial charge < -0.3 is 0 Å². The average molecular weight is 361 g/mol. The predicted molar refractivity (Wildman–Crippen MR) is 87.0 cm³/mol. The van der Waals surface area contributed by atoms with Crippen molar-refractivity contribution in [2.45, 2.75) is 4.90 Å². The van der Waals surface area contributed by atoms with Crippen molar-refractivity contribution < 1.29 is 22.4 Å². The van der Waals surface area contributed by atoms with Crippen molar-refractivity contribution in [2.75, 3.05) is 6.54 Å². The summed E-state index contributed by atoms with van der Waals surface area (Å²) in [5.41, 5.74) is 0.598. The van der Waals surface area contributed by atoms with Gasteiger partial charge in [-0.3, -0.25) is 14.5 Å². The van der Waals surface area contributed by atoms with E-state index in [0.717, 1.165) is 35.4 Å². The molecule has 0 unspecified atom stereocenters. The Morgan fingerprint density at radius 1 is 1.00 bits per heavy atom. The first-order chi connectivity index (χ1) is 11.9. The normalized spacial score (nSPS) is 14.2. The highest BCUT2D eigenvalue weighted by Gasteiger charge is 2.34. The molecule has 0 aliphatic carbocycles. The van der Waals surface area contributed by atoms with Crippen LogP contribution in [0.15, 0.2) is 58.5 Å². The smallest absolute Gasteiger partial charge is 0.269 e. The second kappa shape index (κ2) is 6.44. The van der Waals surface area contributed by atoms with Crippen LogP contribution in [0.4, 0.5) is 4.39 Å². The number of hydrogen-bond donors (Lipinski definition) is 1. The molecule has 0 saturated heterocycles. The Morgan fingerprint density at radius 3 is 2.12 bits per heavy atom. The molecular formula is C16H12FN3O4S. The van der Waals surface area contributed by atoms with Crippen LogP contribution in [0.2, 0.25) is 0 Å². The lowest BCUT2D eigenvalue weighted by Gasteiger charge is -2.10. The van der Waals surface area contributed by atoms with Crippen molar-refractivity contribution in [3.8, 4) is 0 Å². The molecule has 1 aliphatic heterocycles. The van der Waals surface area contributed by atoms with Crippen molar-refractivity contribution in [1.82, 2.24) is 9.73 Å². The number of rotatable bonds is 5. The molecule has 0 aromatic heterocycles. The fraction of sp³-hybridized carbons (Fsp3) is 0.0625. The maximum absolute atomic E-state index is 12.8. The van der Waals surface area contributed by atoms with E-state index in [2.05, 4.69) is 5.10 Å². The van der Waals surface area contributed by atoms with Gasteiger partial charge in [-0.15, -0.1) is 0 Å². The number of nitrogens with zero attached hydrogens (tertiary/aromatic N) is 2. The molecule has 0 spiro atoms. The summed E-state index contributed by atoms with van der Waals surface area (Å²) in [7, 11) is -3.96. The third-order valence-corrected chi connectivity index (χ3v) is 4.77. The maximum Gasteiger partial charge on any atom is 0.276 e. The molecule has 0 radical (unpaired) electrons. The number of amides is 2. The zero-order valence-electron chi connectivity index (χ0n) is 12.7. The summed E-state index contributed by atoms with van der Waals surface area (Å²) in [6.45, 7) is -0.182. The molecule has 0 atom stereocenters. The van der Waals surface area contributed by atoms with E-state index in [9.17, 15) is 22.4 Å². The Morgan fingerprint density at radius 2 is 1.56 bits per heavy atom. The van der Waals surface area contributed by atoms with Crippen molar-refractivity contribution in [3.05, 3.63) is 65.5 Å². The molecule has 0 saturated carbocycles. The van der Waals surface area contributed by atoms with Gasteiger partial charge in [0, 0.05) is 6.21 Å². The van der Waals surface area contributed by atoms with Crippen LogP contribution in [0.1, 0.15) is 20.7 Å². The largest absolute Gasteiger partial charge is 0.276 e. The topological polar surface area (TPSA) is 95.9 Å². The fourth-order valence-electron chi connectivity index (χ4n) is 2.30. The Kier molecular flexibility index (Phi) is 4.32. The highest BCUT2D eigenvalue weighted by molar-refractivity contribution is 7.89. The van der Waals surface area contributed by atoms with Crippen LogP contribution >= 0.6 is 0 Å². The van der Waals surface area contributed by atoms with Crippen molar-refractivity contribution >= 4 is 28.1 Å². The van der Waals surface area contributed by atoms with Gasteiger partial charge in [0.15, 0.2) is 0 Å². The Hall–Kier alpha value is -3.07. The van der Waals surface area contributed by atoms with E-state index in [1.54, 1.807) is 24.3 Å². The highest BCUT2D eigenvalue weighted by Crippen LogP contribution is 2.21. The number of fused-ring (bicyclic) bond motifs is 1. The minimum absolute atomic E-state index is 0.160. The van der Waals surface area contributed by atoms with Gasteiger partial charge in [0.05, 0.1) is 22.6 Å². The Bertz CT molecular complexity index is 936. The van der Waals surface area contributed by atoms with E-state index < -0.39 is 27.7 Å². The lowest BCUT2D eigenvalue weighted by molar-refractivity contribution is 0.0679. The first-order valence-electron chi connectivity index (χ1n) is 7.14. The van der Waals surface area contributed by atoms with Crippen LogP contribution in [-0.2, 0) is 10.0 Å². The highest BCUT2D eigenvalue weighted by atomic mass is 32.2. The third kappa shape index (κ3) is 3.26. The van der Waals surface area contributed by atoms with Gasteiger partial charge in [-0.05, 0) is 36.4 Å². The minimum Gasteiger partial charge on any atom is -0.269 e. The van der Waals surface area contributed by atoms with Gasteiger partial charge in [0.1, 0.15) is 5.82 Å². The molecule has 0 bridgehead atoms. The Labute approximate surface area is 142 Å². The molecule has 2 aromatic carbocycles. The van der Waals surface area contributed by atoms with E-state index in [0.29, 0.717) is 11.1 Å². The monoisotopic (exact) mass is 361 g/mol. The molecule has 3 rings (SSSR count). The summed E-state index contributed by atoms with van der Waals surface area (Å²) >= 11 is 0. The lowest BCUT2D eigenvalue weighted by atomic mass is 10.1. The zero-order valence-corrected chi connectivity index (χ0v) is 13.5. The SMILES string of the molecule is O=C1c2ccccc2C(=O)N1C/C=N\NS(=O)(=O)c1ccc(F)cc1. The summed E-state index contributed by atoms with van der Waals surface area (Å²) in [5.74, 6) is -1.49. The molecule has 2 aromatic rings. The zero-order chi connectivity index (χ0) is 18.0. The number of halogens is 1. The summed E-state index contributed by atoms with van der Waals surface area (Å²) in [5, 5.41) is 3.53. The van der Waals surface area contributed by atoms with Crippen molar-refractivity contribution in [3.63, 3.8) is 0 Å². The van der Waals surface area contributed by atoms with Gasteiger partial charge >= 0.3 is 0 Å². The second-order valence-corrected chi connectivity index (χ2v) is 6.79. The third-order valence-electron chi connectivity index (χ3n) is 3.53. The summed E-state index contributed by atoms with van der Waals surface area (Å²) in [6, 6.07) is 10.6. The van der Waals surface area contributed by atoms with Gasteiger partial charge in [0.25, 0.3) is 21.8 Å². The number of imide groups is 1. The van der Waals surface area contributed by atoms with Gasteiger partial charge in [-0.1, -0.05) is 12.1 Å². The number of carbonyl (C=O) groups excluding carboxylic acids is 2. The van der Waals surface area contributed by atoms with E-state index in [-0.39, 0.29) is 11.4 Å². The van der Waals surface area contributed by atoms with Gasteiger partial charge in [-0.2, -0.15) is 13.5 Å².